The van der Waals surface area contributed by atoms with E-state index < -0.39 is 0 Å². The highest BCUT2D eigenvalue weighted by Crippen LogP contribution is 2.33. The zero-order valence-electron chi connectivity index (χ0n) is 20.2. The Morgan fingerprint density at radius 2 is 1.97 bits per heavy atom. The van der Waals surface area contributed by atoms with Gasteiger partial charge in [-0.2, -0.15) is 5.10 Å². The Morgan fingerprint density at radius 1 is 1.09 bits per heavy atom. The van der Waals surface area contributed by atoms with Crippen LogP contribution in [-0.4, -0.2) is 54.2 Å². The molecule has 0 spiro atoms. The predicted octanol–water partition coefficient (Wildman–Crippen LogP) is 4.85. The number of fused-ring (bicyclic) bond motifs is 1. The van der Waals surface area contributed by atoms with E-state index in [-0.39, 0.29) is 0 Å². The average Bonchev–Trinajstić information content (AvgIpc) is 3.28. The minimum Gasteiger partial charge on any atom is -0.494 e. The number of benzene rings is 2. The van der Waals surface area contributed by atoms with Crippen molar-refractivity contribution in [2.24, 2.45) is 0 Å². The maximum absolute atomic E-state index is 5.66. The lowest BCUT2D eigenvalue weighted by Gasteiger charge is -2.41. The van der Waals surface area contributed by atoms with Gasteiger partial charge in [-0.15, -0.1) is 5.10 Å². The summed E-state index contributed by atoms with van der Waals surface area (Å²) in [7, 11) is 1.68. The Morgan fingerprint density at radius 3 is 2.74 bits per heavy atom. The molecule has 1 atom stereocenters. The molecule has 0 bridgehead atoms. The van der Waals surface area contributed by atoms with Crippen LogP contribution in [-0.2, 0) is 0 Å². The molecule has 2 aromatic carbocycles. The number of methoxy groups -OCH3 is 1. The van der Waals surface area contributed by atoms with Crippen LogP contribution in [0.3, 0.4) is 0 Å². The zero-order chi connectivity index (χ0) is 23.7. The van der Waals surface area contributed by atoms with E-state index in [1.165, 1.54) is 11.3 Å². The van der Waals surface area contributed by atoms with Crippen molar-refractivity contribution in [1.29, 1.82) is 0 Å². The number of ether oxygens (including phenoxy) is 2. The summed E-state index contributed by atoms with van der Waals surface area (Å²) in [6.45, 7) is 9.73. The fourth-order valence-corrected chi connectivity index (χ4v) is 4.80. The fraction of sp³-hybridized carbons (Fsp3) is 0.333. The summed E-state index contributed by atoms with van der Waals surface area (Å²) in [6, 6.07) is 15.0. The van der Waals surface area contributed by atoms with Crippen molar-refractivity contribution in [2.75, 3.05) is 43.2 Å². The van der Waals surface area contributed by atoms with Crippen molar-refractivity contribution in [3.8, 4) is 17.2 Å². The van der Waals surface area contributed by atoms with Crippen LogP contribution in [0.4, 0.5) is 11.5 Å². The quantitative estimate of drug-likeness (QED) is 0.413. The molecule has 4 aromatic rings. The topological polar surface area (TPSA) is 55.7 Å². The average molecular weight is 458 g/mol. The number of nitrogens with zero attached hydrogens (tertiary/aromatic N) is 5. The first-order chi connectivity index (χ1) is 16.6. The molecular weight excluding hydrogens is 426 g/mol. The second-order valence-electron chi connectivity index (χ2n) is 8.80. The Hall–Kier alpha value is -3.74. The van der Waals surface area contributed by atoms with Crippen LogP contribution in [0.15, 0.2) is 61.1 Å². The van der Waals surface area contributed by atoms with Gasteiger partial charge in [-0.3, -0.25) is 0 Å². The Kier molecular flexibility index (Phi) is 6.01. The van der Waals surface area contributed by atoms with E-state index in [0.29, 0.717) is 12.6 Å². The second-order valence-corrected chi connectivity index (χ2v) is 8.80. The van der Waals surface area contributed by atoms with Gasteiger partial charge < -0.3 is 23.8 Å². The largest absolute Gasteiger partial charge is 0.494 e. The van der Waals surface area contributed by atoms with Crippen molar-refractivity contribution >= 4 is 22.3 Å². The highest BCUT2D eigenvalue weighted by atomic mass is 16.5. The summed E-state index contributed by atoms with van der Waals surface area (Å²) in [5, 5.41) is 11.0. The molecule has 0 radical (unpaired) electrons. The van der Waals surface area contributed by atoms with E-state index in [2.05, 4.69) is 75.1 Å². The van der Waals surface area contributed by atoms with E-state index in [1.54, 1.807) is 7.11 Å². The third-order valence-electron chi connectivity index (χ3n) is 6.45. The Balaban J connectivity index is 1.44. The molecule has 1 aliphatic heterocycles. The standard InChI is InChI=1S/C27H31N5O2/c1-5-34-23-9-10-25(26(14-23)33-4)31-17-21-15-28-29-27(24(21)18-31)30-11-12-32(20(3)16-30)22-8-6-7-19(2)13-22/h6-10,13-15,17-18,20H,5,11-12,16H2,1-4H3. The van der Waals surface area contributed by atoms with E-state index >= 15 is 0 Å². The minimum atomic E-state index is 0.362. The zero-order valence-corrected chi connectivity index (χ0v) is 20.2. The summed E-state index contributed by atoms with van der Waals surface area (Å²) < 4.78 is 13.4. The molecule has 3 heterocycles. The third-order valence-corrected chi connectivity index (χ3v) is 6.45. The maximum atomic E-state index is 5.66. The van der Waals surface area contributed by atoms with Crippen LogP contribution in [0.2, 0.25) is 0 Å². The number of aryl methyl sites for hydroxylation is 1. The van der Waals surface area contributed by atoms with Crippen LogP contribution in [0.5, 0.6) is 11.5 Å². The first kappa shape index (κ1) is 22.1. The number of hydrogen-bond acceptors (Lipinski definition) is 6. The van der Waals surface area contributed by atoms with Gasteiger partial charge in [0.1, 0.15) is 11.5 Å². The molecule has 1 fully saturated rings. The maximum Gasteiger partial charge on any atom is 0.160 e. The van der Waals surface area contributed by atoms with E-state index in [4.69, 9.17) is 9.47 Å². The van der Waals surface area contributed by atoms with Gasteiger partial charge in [-0.25, -0.2) is 0 Å². The summed E-state index contributed by atoms with van der Waals surface area (Å²) in [5.41, 5.74) is 3.52. The van der Waals surface area contributed by atoms with E-state index in [0.717, 1.165) is 53.4 Å². The molecule has 1 aliphatic rings. The first-order valence-corrected chi connectivity index (χ1v) is 11.8. The van der Waals surface area contributed by atoms with Gasteiger partial charge in [0.15, 0.2) is 5.82 Å². The molecule has 0 aliphatic carbocycles. The molecule has 2 aromatic heterocycles. The molecule has 1 unspecified atom stereocenters. The summed E-state index contributed by atoms with van der Waals surface area (Å²) in [4.78, 5) is 4.83. The van der Waals surface area contributed by atoms with Crippen molar-refractivity contribution in [3.05, 3.63) is 66.6 Å². The first-order valence-electron chi connectivity index (χ1n) is 11.8. The van der Waals surface area contributed by atoms with Crippen LogP contribution in [0.1, 0.15) is 19.4 Å². The second kappa shape index (κ2) is 9.25. The van der Waals surface area contributed by atoms with Crippen molar-refractivity contribution in [3.63, 3.8) is 0 Å². The summed E-state index contributed by atoms with van der Waals surface area (Å²) in [6.07, 6.45) is 6.02. The smallest absolute Gasteiger partial charge is 0.160 e. The van der Waals surface area contributed by atoms with Gasteiger partial charge >= 0.3 is 0 Å². The molecule has 7 heteroatoms. The van der Waals surface area contributed by atoms with Gasteiger partial charge in [0.25, 0.3) is 0 Å². The summed E-state index contributed by atoms with van der Waals surface area (Å²) in [5.74, 6) is 2.48. The van der Waals surface area contributed by atoms with Crippen LogP contribution in [0, 0.1) is 6.92 Å². The molecule has 0 amide bonds. The van der Waals surface area contributed by atoms with Crippen molar-refractivity contribution < 1.29 is 9.47 Å². The predicted molar refractivity (Wildman–Crippen MR) is 137 cm³/mol. The number of hydrogen-bond donors (Lipinski definition) is 0. The fourth-order valence-electron chi connectivity index (χ4n) is 4.80. The van der Waals surface area contributed by atoms with E-state index in [9.17, 15) is 0 Å². The molecule has 0 N–H and O–H groups in total. The van der Waals surface area contributed by atoms with Crippen LogP contribution < -0.4 is 19.3 Å². The molecule has 7 nitrogen and oxygen atoms in total. The lowest BCUT2D eigenvalue weighted by atomic mass is 10.1. The van der Waals surface area contributed by atoms with Gasteiger partial charge in [0.05, 0.1) is 25.6 Å². The number of piperazine rings is 1. The monoisotopic (exact) mass is 457 g/mol. The summed E-state index contributed by atoms with van der Waals surface area (Å²) >= 11 is 0. The molecular formula is C27H31N5O2. The third kappa shape index (κ3) is 4.14. The molecule has 34 heavy (non-hydrogen) atoms. The van der Waals surface area contributed by atoms with Crippen molar-refractivity contribution in [2.45, 2.75) is 26.8 Å². The number of anilines is 2. The lowest BCUT2D eigenvalue weighted by Crippen LogP contribution is -2.52. The van der Waals surface area contributed by atoms with Crippen LogP contribution >= 0.6 is 0 Å². The highest BCUT2D eigenvalue weighted by Gasteiger charge is 2.26. The van der Waals surface area contributed by atoms with Gasteiger partial charge in [-0.05, 0) is 50.6 Å². The number of rotatable bonds is 6. The molecule has 1 saturated heterocycles. The van der Waals surface area contributed by atoms with Gasteiger partial charge in [0, 0.05) is 60.6 Å². The van der Waals surface area contributed by atoms with Crippen LogP contribution in [0.25, 0.3) is 16.5 Å². The highest BCUT2D eigenvalue weighted by molar-refractivity contribution is 5.92. The Bertz CT molecular complexity index is 1300. The number of aromatic nitrogens is 3. The normalized spacial score (nSPS) is 16.2. The van der Waals surface area contributed by atoms with Gasteiger partial charge in [0.2, 0.25) is 0 Å². The van der Waals surface area contributed by atoms with E-state index in [1.807, 2.05) is 31.3 Å². The molecule has 0 saturated carbocycles. The molecule has 176 valence electrons. The Labute approximate surface area is 200 Å². The lowest BCUT2D eigenvalue weighted by molar-refractivity contribution is 0.336. The SMILES string of the molecule is CCOc1ccc(-n2cc3cnnc(N4CCN(c5cccc(C)c5)C(C)C4)c3c2)c(OC)c1. The molecule has 5 rings (SSSR count). The van der Waals surface area contributed by atoms with Crippen molar-refractivity contribution in [1.82, 2.24) is 14.8 Å². The minimum absolute atomic E-state index is 0.362. The van der Waals surface area contributed by atoms with Gasteiger partial charge in [-0.1, -0.05) is 12.1 Å².